The highest BCUT2D eigenvalue weighted by Gasteiger charge is 2.40. The van der Waals surface area contributed by atoms with Gasteiger partial charge in [0.25, 0.3) is 0 Å². The van der Waals surface area contributed by atoms with Crippen LogP contribution in [0.3, 0.4) is 0 Å². The molecule has 1 N–H and O–H groups in total. The Morgan fingerprint density at radius 1 is 1.14 bits per heavy atom. The second-order valence-electron chi connectivity index (χ2n) is 10.3. The summed E-state index contributed by atoms with van der Waals surface area (Å²) in [6, 6.07) is 7.20. The van der Waals surface area contributed by atoms with E-state index in [-0.39, 0.29) is 40.5 Å². The molecule has 0 bridgehead atoms. The first-order valence-corrected chi connectivity index (χ1v) is 14.4. The van der Waals surface area contributed by atoms with Crippen LogP contribution in [0.1, 0.15) is 38.5 Å². The lowest BCUT2D eigenvalue weighted by molar-refractivity contribution is -0.141. The van der Waals surface area contributed by atoms with Crippen molar-refractivity contribution in [3.05, 3.63) is 41.7 Å². The van der Waals surface area contributed by atoms with Crippen LogP contribution in [0.2, 0.25) is 0 Å². The van der Waals surface area contributed by atoms with Crippen molar-refractivity contribution in [2.75, 3.05) is 25.2 Å². The summed E-state index contributed by atoms with van der Waals surface area (Å²) in [6.45, 7) is -1.97. The summed E-state index contributed by atoms with van der Waals surface area (Å²) < 4.78 is 56.9. The van der Waals surface area contributed by atoms with Crippen molar-refractivity contribution in [3.63, 3.8) is 0 Å². The van der Waals surface area contributed by atoms with E-state index in [1.807, 2.05) is 0 Å². The number of rotatable bonds is 12. The van der Waals surface area contributed by atoms with Gasteiger partial charge in [0, 0.05) is 48.6 Å². The number of thiazole rings is 1. The molecule has 1 aliphatic heterocycles. The molecular weight excluding hydrogens is 575 g/mol. The number of aliphatic carboxylic acids is 1. The zero-order chi connectivity index (χ0) is 29.8. The van der Waals surface area contributed by atoms with Crippen molar-refractivity contribution in [1.82, 2.24) is 9.97 Å². The van der Waals surface area contributed by atoms with Crippen LogP contribution in [-0.2, 0) is 14.3 Å². The number of methoxy groups -OCH3 is 1. The number of ether oxygens (including phenoxy) is 3. The van der Waals surface area contributed by atoms with Crippen molar-refractivity contribution in [1.29, 1.82) is 0 Å². The average molecular weight is 606 g/mol. The molecule has 5 rings (SSSR count). The van der Waals surface area contributed by atoms with E-state index in [0.717, 1.165) is 12.8 Å². The Morgan fingerprint density at radius 2 is 1.90 bits per heavy atom. The largest absolute Gasteiger partial charge is 0.481 e. The average Bonchev–Trinajstić information content (AvgIpc) is 3.73. The maximum absolute atomic E-state index is 15.7. The van der Waals surface area contributed by atoms with Crippen molar-refractivity contribution in [2.45, 2.75) is 51.2 Å². The minimum absolute atomic E-state index is 0.0938. The number of carboxylic acids is 1. The summed E-state index contributed by atoms with van der Waals surface area (Å²) in [7, 11) is 1.47. The highest BCUT2D eigenvalue weighted by atomic mass is 32.1. The molecule has 42 heavy (non-hydrogen) atoms. The number of halogens is 3. The van der Waals surface area contributed by atoms with E-state index in [1.165, 1.54) is 36.4 Å². The van der Waals surface area contributed by atoms with Crippen LogP contribution >= 0.6 is 11.3 Å². The number of alkyl halides is 2. The number of carboxylic acid groups (broad SMARTS) is 1. The minimum Gasteiger partial charge on any atom is -0.481 e. The smallest absolute Gasteiger partial charge is 0.387 e. The predicted molar refractivity (Wildman–Crippen MR) is 148 cm³/mol. The molecule has 1 saturated carbocycles. The summed E-state index contributed by atoms with van der Waals surface area (Å²) in [5, 5.41) is 8.95. The molecule has 224 valence electrons. The van der Waals surface area contributed by atoms with E-state index < -0.39 is 29.5 Å². The van der Waals surface area contributed by atoms with Crippen LogP contribution in [0, 0.1) is 17.0 Å². The van der Waals surface area contributed by atoms with Gasteiger partial charge in [0.05, 0.1) is 13.5 Å². The molecule has 0 radical (unpaired) electrons. The lowest BCUT2D eigenvalue weighted by atomic mass is 9.86. The zero-order valence-corrected chi connectivity index (χ0v) is 23.6. The number of aromatic nitrogens is 2. The fourth-order valence-corrected chi connectivity index (χ4v) is 6.08. The first kappa shape index (κ1) is 29.8. The van der Waals surface area contributed by atoms with Crippen molar-refractivity contribution in [2.24, 2.45) is 11.8 Å². The Balaban J connectivity index is 1.51. The van der Waals surface area contributed by atoms with Gasteiger partial charge in [0.2, 0.25) is 16.9 Å². The summed E-state index contributed by atoms with van der Waals surface area (Å²) in [4.78, 5) is 35.7. The molecule has 1 aromatic carbocycles. The molecule has 1 saturated heterocycles. The van der Waals surface area contributed by atoms with Crippen LogP contribution < -0.4 is 14.4 Å². The lowest BCUT2D eigenvalue weighted by Crippen LogP contribution is -2.40. The van der Waals surface area contributed by atoms with Crippen LogP contribution in [0.25, 0.3) is 22.4 Å². The fraction of sp³-hybridized carbons (Fsp3) is 0.448. The Morgan fingerprint density at radius 3 is 2.52 bits per heavy atom. The third-order valence-corrected chi connectivity index (χ3v) is 8.23. The minimum atomic E-state index is -3.09. The number of amides is 1. The molecule has 1 aliphatic carbocycles. The first-order chi connectivity index (χ1) is 20.2. The highest BCUT2D eigenvalue weighted by molar-refractivity contribution is 7.14. The van der Waals surface area contributed by atoms with Gasteiger partial charge >= 0.3 is 12.6 Å². The predicted octanol–water partition coefficient (Wildman–Crippen LogP) is 6.02. The van der Waals surface area contributed by atoms with Crippen LogP contribution in [-0.4, -0.2) is 59.9 Å². The van der Waals surface area contributed by atoms with Gasteiger partial charge in [-0.3, -0.25) is 14.5 Å². The molecule has 2 aliphatic rings. The standard InChI is InChI=1S/C29H30F3N3O6S/c1-39-23-7-2-17(15-33-23)21-6-5-20(41-28(31)32)14-22(21)25-26(30)42-29(34-25)35(19-3-4-19)27(38)18(13-24(36)37)12-16-8-10-40-11-9-16/h2,5-7,14-16,18-19,28H,3-4,8-13H2,1H3,(H,36,37)/t18-/m1/s1. The van der Waals surface area contributed by atoms with Gasteiger partial charge in [-0.25, -0.2) is 9.97 Å². The number of anilines is 1. The van der Waals surface area contributed by atoms with E-state index in [4.69, 9.17) is 9.47 Å². The number of benzene rings is 1. The van der Waals surface area contributed by atoms with Gasteiger partial charge in [0.1, 0.15) is 11.4 Å². The Bertz CT molecular complexity index is 1410. The normalized spacial score (nSPS) is 16.3. The molecule has 0 unspecified atom stereocenters. The summed E-state index contributed by atoms with van der Waals surface area (Å²) in [6.07, 6.45) is 4.39. The topological polar surface area (TPSA) is 111 Å². The number of pyridine rings is 1. The van der Waals surface area contributed by atoms with E-state index in [0.29, 0.717) is 60.8 Å². The molecule has 13 heteroatoms. The van der Waals surface area contributed by atoms with Crippen molar-refractivity contribution >= 4 is 28.3 Å². The molecule has 0 spiro atoms. The summed E-state index contributed by atoms with van der Waals surface area (Å²) in [5.74, 6) is -1.97. The van der Waals surface area contributed by atoms with Crippen molar-refractivity contribution in [3.8, 4) is 34.0 Å². The fourth-order valence-electron chi connectivity index (χ4n) is 5.19. The molecule has 9 nitrogen and oxygen atoms in total. The maximum atomic E-state index is 15.7. The number of hydrogen-bond donors (Lipinski definition) is 1. The van der Waals surface area contributed by atoms with E-state index >= 15 is 4.39 Å². The number of carbonyl (C=O) groups excluding carboxylic acids is 1. The molecule has 2 aromatic heterocycles. The third-order valence-electron chi connectivity index (χ3n) is 7.39. The SMILES string of the molecule is COc1ccc(-c2ccc(OC(F)F)cc2-c2nc(N(C(=O)[C@@H](CC(=O)O)CC3CCOCC3)C3CC3)sc2F)cn1. The Kier molecular flexibility index (Phi) is 9.27. The van der Waals surface area contributed by atoms with Crippen LogP contribution in [0.4, 0.5) is 18.3 Å². The second-order valence-corrected chi connectivity index (χ2v) is 11.2. The lowest BCUT2D eigenvalue weighted by Gasteiger charge is -2.29. The Labute approximate surface area is 244 Å². The quantitative estimate of drug-likeness (QED) is 0.267. The Hall–Kier alpha value is -3.71. The summed E-state index contributed by atoms with van der Waals surface area (Å²) >= 11 is 0.661. The third kappa shape index (κ3) is 7.01. The van der Waals surface area contributed by atoms with Crippen LogP contribution in [0.15, 0.2) is 36.5 Å². The number of nitrogens with zero attached hydrogens (tertiary/aromatic N) is 3. The van der Waals surface area contributed by atoms with E-state index in [1.54, 1.807) is 12.1 Å². The molecule has 2 fully saturated rings. The highest BCUT2D eigenvalue weighted by Crippen LogP contribution is 2.43. The molecule has 1 atom stereocenters. The second kappa shape index (κ2) is 13.1. The van der Waals surface area contributed by atoms with Gasteiger partial charge in [-0.1, -0.05) is 11.3 Å². The molecule has 3 aromatic rings. The van der Waals surface area contributed by atoms with Gasteiger partial charge in [-0.2, -0.15) is 13.2 Å². The van der Waals surface area contributed by atoms with E-state index in [2.05, 4.69) is 14.7 Å². The number of carbonyl (C=O) groups is 2. The number of hydrogen-bond acceptors (Lipinski definition) is 8. The maximum Gasteiger partial charge on any atom is 0.387 e. The molecular formula is C29H30F3N3O6S. The van der Waals surface area contributed by atoms with Gasteiger partial charge in [-0.15, -0.1) is 0 Å². The van der Waals surface area contributed by atoms with Gasteiger partial charge in [0.15, 0.2) is 5.13 Å². The van der Waals surface area contributed by atoms with Crippen LogP contribution in [0.5, 0.6) is 11.6 Å². The van der Waals surface area contributed by atoms with E-state index in [9.17, 15) is 23.5 Å². The van der Waals surface area contributed by atoms with Gasteiger partial charge < -0.3 is 19.3 Å². The molecule has 3 heterocycles. The first-order valence-electron chi connectivity index (χ1n) is 13.6. The zero-order valence-electron chi connectivity index (χ0n) is 22.8. The van der Waals surface area contributed by atoms with Crippen molar-refractivity contribution < 1.29 is 42.1 Å². The molecule has 1 amide bonds. The summed E-state index contributed by atoms with van der Waals surface area (Å²) in [5.41, 5.74) is 1.04. The monoisotopic (exact) mass is 605 g/mol. The van der Waals surface area contributed by atoms with Gasteiger partial charge in [-0.05, 0) is 67.9 Å².